The molecular formula is C15H18N2S. The molecule has 0 amide bonds. The molecule has 1 heterocycles. The highest BCUT2D eigenvalue weighted by Crippen LogP contribution is 2.41. The number of benzene rings is 1. The second kappa shape index (κ2) is 4.82. The molecule has 0 fully saturated rings. The van der Waals surface area contributed by atoms with E-state index in [0.29, 0.717) is 12.0 Å². The highest BCUT2D eigenvalue weighted by atomic mass is 32.1. The maximum atomic E-state index is 4.59. The molecule has 1 aliphatic rings. The standard InChI is InChI=1S/C15H18N2S/c1-10(2)16-8-12-9-17-15(18-12)14-7-11-5-3-4-6-13(11)14/h3-6,9-10,14,16H,7-8H2,1-2H3. The molecule has 3 rings (SSSR count). The summed E-state index contributed by atoms with van der Waals surface area (Å²) >= 11 is 1.85. The van der Waals surface area contributed by atoms with E-state index in [1.807, 2.05) is 17.5 Å². The molecule has 3 heteroatoms. The fourth-order valence-electron chi connectivity index (χ4n) is 2.35. The smallest absolute Gasteiger partial charge is 0.101 e. The Balaban J connectivity index is 1.72. The SMILES string of the molecule is CC(C)NCc1cnc(C2Cc3ccccc32)s1. The number of rotatable bonds is 4. The molecule has 1 aliphatic carbocycles. The van der Waals surface area contributed by atoms with Crippen molar-refractivity contribution in [3.05, 3.63) is 51.5 Å². The molecule has 0 radical (unpaired) electrons. The van der Waals surface area contributed by atoms with Gasteiger partial charge in [-0.3, -0.25) is 0 Å². The zero-order chi connectivity index (χ0) is 12.5. The molecule has 94 valence electrons. The average Bonchev–Trinajstić information content (AvgIpc) is 2.77. The van der Waals surface area contributed by atoms with Crippen LogP contribution >= 0.6 is 11.3 Å². The molecule has 1 atom stereocenters. The first-order valence-electron chi connectivity index (χ1n) is 6.50. The fraction of sp³-hybridized carbons (Fsp3) is 0.400. The number of thiazole rings is 1. The van der Waals surface area contributed by atoms with E-state index < -0.39 is 0 Å². The predicted octanol–water partition coefficient (Wildman–Crippen LogP) is 3.33. The Labute approximate surface area is 112 Å². The van der Waals surface area contributed by atoms with Crippen molar-refractivity contribution in [3.8, 4) is 0 Å². The number of fused-ring (bicyclic) bond motifs is 1. The van der Waals surface area contributed by atoms with Crippen LogP contribution in [0.15, 0.2) is 30.5 Å². The van der Waals surface area contributed by atoms with Crippen LogP contribution in [0.1, 0.15) is 40.8 Å². The van der Waals surface area contributed by atoms with Gasteiger partial charge in [0, 0.05) is 29.6 Å². The van der Waals surface area contributed by atoms with Crippen molar-refractivity contribution >= 4 is 11.3 Å². The number of hydrogen-bond acceptors (Lipinski definition) is 3. The minimum atomic E-state index is 0.528. The van der Waals surface area contributed by atoms with Crippen LogP contribution < -0.4 is 5.32 Å². The maximum Gasteiger partial charge on any atom is 0.101 e. The van der Waals surface area contributed by atoms with E-state index in [-0.39, 0.29) is 0 Å². The zero-order valence-electron chi connectivity index (χ0n) is 10.8. The molecule has 1 N–H and O–H groups in total. The Bertz CT molecular complexity index is 545. The quantitative estimate of drug-likeness (QED) is 0.910. The van der Waals surface area contributed by atoms with Crippen LogP contribution in [0.25, 0.3) is 0 Å². The fourth-order valence-corrected chi connectivity index (χ4v) is 3.34. The van der Waals surface area contributed by atoms with Gasteiger partial charge in [0.25, 0.3) is 0 Å². The summed E-state index contributed by atoms with van der Waals surface area (Å²) in [5, 5.41) is 4.71. The first kappa shape index (κ1) is 11.9. The van der Waals surface area contributed by atoms with Gasteiger partial charge in [0.05, 0.1) is 0 Å². The molecule has 2 nitrogen and oxygen atoms in total. The zero-order valence-corrected chi connectivity index (χ0v) is 11.6. The number of nitrogens with one attached hydrogen (secondary N) is 1. The lowest BCUT2D eigenvalue weighted by Gasteiger charge is -2.28. The van der Waals surface area contributed by atoms with E-state index in [2.05, 4.69) is 48.4 Å². The van der Waals surface area contributed by atoms with Crippen LogP contribution in [0.3, 0.4) is 0 Å². The number of aromatic nitrogens is 1. The third-order valence-corrected chi connectivity index (χ3v) is 4.52. The summed E-state index contributed by atoms with van der Waals surface area (Å²) in [4.78, 5) is 5.93. The molecule has 0 saturated heterocycles. The van der Waals surface area contributed by atoms with Crippen molar-refractivity contribution in [1.82, 2.24) is 10.3 Å². The molecule has 0 spiro atoms. The van der Waals surface area contributed by atoms with Gasteiger partial charge < -0.3 is 5.32 Å². The molecule has 2 aromatic rings. The lowest BCUT2D eigenvalue weighted by Crippen LogP contribution is -2.21. The van der Waals surface area contributed by atoms with Crippen molar-refractivity contribution in [2.45, 2.75) is 38.8 Å². The van der Waals surface area contributed by atoms with Gasteiger partial charge in [0.2, 0.25) is 0 Å². The van der Waals surface area contributed by atoms with Crippen molar-refractivity contribution in [1.29, 1.82) is 0 Å². The molecular weight excluding hydrogens is 240 g/mol. The average molecular weight is 258 g/mol. The predicted molar refractivity (Wildman–Crippen MR) is 76.1 cm³/mol. The molecule has 0 aliphatic heterocycles. The van der Waals surface area contributed by atoms with E-state index >= 15 is 0 Å². The monoisotopic (exact) mass is 258 g/mol. The molecule has 0 bridgehead atoms. The van der Waals surface area contributed by atoms with Crippen LogP contribution in [0.5, 0.6) is 0 Å². The Morgan fingerprint density at radius 2 is 2.22 bits per heavy atom. The second-order valence-electron chi connectivity index (χ2n) is 5.16. The van der Waals surface area contributed by atoms with Crippen molar-refractivity contribution < 1.29 is 0 Å². The van der Waals surface area contributed by atoms with Gasteiger partial charge in [-0.25, -0.2) is 4.98 Å². The minimum Gasteiger partial charge on any atom is -0.310 e. The van der Waals surface area contributed by atoms with E-state index in [1.54, 1.807) is 0 Å². The normalized spacial score (nSPS) is 17.6. The summed E-state index contributed by atoms with van der Waals surface area (Å²) in [6.07, 6.45) is 3.18. The van der Waals surface area contributed by atoms with Crippen LogP contribution in [-0.4, -0.2) is 11.0 Å². The van der Waals surface area contributed by atoms with Crippen LogP contribution in [0.4, 0.5) is 0 Å². The van der Waals surface area contributed by atoms with Crippen LogP contribution in [-0.2, 0) is 13.0 Å². The molecule has 1 aromatic heterocycles. The third-order valence-electron chi connectivity index (χ3n) is 3.41. The second-order valence-corrected chi connectivity index (χ2v) is 6.30. The Hall–Kier alpha value is -1.19. The summed E-state index contributed by atoms with van der Waals surface area (Å²) in [5.41, 5.74) is 2.95. The van der Waals surface area contributed by atoms with Gasteiger partial charge in [-0.2, -0.15) is 0 Å². The molecule has 18 heavy (non-hydrogen) atoms. The Morgan fingerprint density at radius 1 is 1.39 bits per heavy atom. The van der Waals surface area contributed by atoms with E-state index in [9.17, 15) is 0 Å². The maximum absolute atomic E-state index is 4.59. The van der Waals surface area contributed by atoms with Crippen LogP contribution in [0, 0.1) is 0 Å². The highest BCUT2D eigenvalue weighted by molar-refractivity contribution is 7.11. The van der Waals surface area contributed by atoms with Gasteiger partial charge in [-0.05, 0) is 17.5 Å². The Morgan fingerprint density at radius 3 is 3.00 bits per heavy atom. The summed E-state index contributed by atoms with van der Waals surface area (Å²) in [6, 6.07) is 9.23. The van der Waals surface area contributed by atoms with Gasteiger partial charge in [0.1, 0.15) is 5.01 Å². The van der Waals surface area contributed by atoms with Crippen molar-refractivity contribution in [3.63, 3.8) is 0 Å². The summed E-state index contributed by atoms with van der Waals surface area (Å²) < 4.78 is 0. The van der Waals surface area contributed by atoms with Crippen molar-refractivity contribution in [2.24, 2.45) is 0 Å². The largest absolute Gasteiger partial charge is 0.310 e. The van der Waals surface area contributed by atoms with Crippen LogP contribution in [0.2, 0.25) is 0 Å². The number of hydrogen-bond donors (Lipinski definition) is 1. The first-order chi connectivity index (χ1) is 8.74. The third kappa shape index (κ3) is 2.20. The highest BCUT2D eigenvalue weighted by Gasteiger charge is 2.29. The lowest BCUT2D eigenvalue weighted by atomic mass is 9.78. The molecule has 1 unspecified atom stereocenters. The van der Waals surface area contributed by atoms with Gasteiger partial charge in [-0.15, -0.1) is 11.3 Å². The molecule has 0 saturated carbocycles. The van der Waals surface area contributed by atoms with E-state index in [4.69, 9.17) is 0 Å². The summed E-state index contributed by atoms with van der Waals surface area (Å²) in [7, 11) is 0. The van der Waals surface area contributed by atoms with E-state index in [0.717, 1.165) is 13.0 Å². The first-order valence-corrected chi connectivity index (χ1v) is 7.31. The van der Waals surface area contributed by atoms with Gasteiger partial charge >= 0.3 is 0 Å². The topological polar surface area (TPSA) is 24.9 Å². The Kier molecular flexibility index (Phi) is 3.18. The van der Waals surface area contributed by atoms with Gasteiger partial charge in [-0.1, -0.05) is 38.1 Å². The van der Waals surface area contributed by atoms with Gasteiger partial charge in [0.15, 0.2) is 0 Å². The minimum absolute atomic E-state index is 0.528. The lowest BCUT2D eigenvalue weighted by molar-refractivity contribution is 0.593. The number of nitrogens with zero attached hydrogens (tertiary/aromatic N) is 1. The summed E-state index contributed by atoms with van der Waals surface area (Å²) in [6.45, 7) is 5.28. The van der Waals surface area contributed by atoms with Crippen molar-refractivity contribution in [2.75, 3.05) is 0 Å². The van der Waals surface area contributed by atoms with E-state index in [1.165, 1.54) is 21.0 Å². The summed E-state index contributed by atoms with van der Waals surface area (Å²) in [5.74, 6) is 0.541. The molecule has 1 aromatic carbocycles.